The molecular weight excluding hydrogens is 386 g/mol. The van der Waals surface area contributed by atoms with Crippen LogP contribution in [-0.4, -0.2) is 38.0 Å². The Morgan fingerprint density at radius 1 is 1.21 bits per heavy atom. The summed E-state index contributed by atoms with van der Waals surface area (Å²) >= 11 is 1.50. The molecule has 4 rings (SSSR count). The number of Topliss-reactive ketones (excluding diaryl/α,β-unsaturated/α-hetero) is 1. The number of carbonyl (C=O) groups is 2. The number of hydrogen-bond donors (Lipinski definition) is 2. The van der Waals surface area contributed by atoms with Gasteiger partial charge in [-0.3, -0.25) is 9.59 Å². The molecule has 0 aliphatic heterocycles. The quantitative estimate of drug-likeness (QED) is 0.379. The minimum absolute atomic E-state index is 0.340. The molecule has 0 aliphatic rings. The van der Waals surface area contributed by atoms with Crippen LogP contribution >= 0.6 is 11.3 Å². The number of aromatic amines is 1. The number of fused-ring (bicyclic) bond motifs is 1. The maximum absolute atomic E-state index is 12.7. The Hall–Kier alpha value is -3.26. The normalized spacial score (nSPS) is 11.1. The number of hydrogen-bond acceptors (Lipinski definition) is 5. The van der Waals surface area contributed by atoms with Gasteiger partial charge in [-0.05, 0) is 32.9 Å². The predicted molar refractivity (Wildman–Crippen MR) is 113 cm³/mol. The molecule has 29 heavy (non-hydrogen) atoms. The maximum atomic E-state index is 12.7. The first-order chi connectivity index (χ1) is 13.9. The Balaban J connectivity index is 1.40. The summed E-state index contributed by atoms with van der Waals surface area (Å²) in [6, 6.07) is 9.47. The van der Waals surface area contributed by atoms with Gasteiger partial charge in [0.1, 0.15) is 0 Å². The van der Waals surface area contributed by atoms with Gasteiger partial charge in [0, 0.05) is 40.6 Å². The Bertz CT molecular complexity index is 1220. The molecule has 1 aromatic carbocycles. The number of ketones is 1. The van der Waals surface area contributed by atoms with Crippen LogP contribution in [0.15, 0.2) is 35.7 Å². The standard InChI is InChI=1S/C21H21N5O2S/c1-12-10-13(2)26(25-12)21-24-15(11-29-21)8-9-22-20(28)19(27)18-14(3)23-17-7-5-4-6-16(17)18/h4-7,10-11,23H,8-9H2,1-3H3,(H,22,28). The average molecular weight is 407 g/mol. The molecule has 0 spiro atoms. The SMILES string of the molecule is Cc1cc(C)n(-c2nc(CCNC(=O)C(=O)c3c(C)[nH]c4ccccc34)cs2)n1. The summed E-state index contributed by atoms with van der Waals surface area (Å²) < 4.78 is 1.81. The molecule has 0 fully saturated rings. The van der Waals surface area contributed by atoms with Crippen LogP contribution in [0.2, 0.25) is 0 Å². The van der Waals surface area contributed by atoms with E-state index in [1.807, 2.05) is 54.2 Å². The number of nitrogens with one attached hydrogen (secondary N) is 2. The molecular formula is C21H21N5O2S. The molecule has 8 heteroatoms. The molecule has 2 N–H and O–H groups in total. The van der Waals surface area contributed by atoms with Crippen molar-refractivity contribution in [2.75, 3.05) is 6.54 Å². The van der Waals surface area contributed by atoms with Crippen molar-refractivity contribution in [1.29, 1.82) is 0 Å². The predicted octanol–water partition coefficient (Wildman–Crippen LogP) is 3.28. The lowest BCUT2D eigenvalue weighted by Gasteiger charge is -2.04. The molecule has 0 atom stereocenters. The Labute approximate surface area is 171 Å². The monoisotopic (exact) mass is 407 g/mol. The molecule has 0 saturated heterocycles. The van der Waals surface area contributed by atoms with Crippen LogP contribution in [0.1, 0.15) is 33.1 Å². The summed E-state index contributed by atoms with van der Waals surface area (Å²) in [7, 11) is 0. The maximum Gasteiger partial charge on any atom is 0.292 e. The van der Waals surface area contributed by atoms with Crippen molar-refractivity contribution in [2.24, 2.45) is 0 Å². The van der Waals surface area contributed by atoms with Gasteiger partial charge in [-0.15, -0.1) is 11.3 Å². The number of thiazole rings is 1. The van der Waals surface area contributed by atoms with E-state index in [9.17, 15) is 9.59 Å². The van der Waals surface area contributed by atoms with Crippen molar-refractivity contribution >= 4 is 33.9 Å². The summed E-state index contributed by atoms with van der Waals surface area (Å²) in [5.74, 6) is -1.13. The highest BCUT2D eigenvalue weighted by Crippen LogP contribution is 2.22. The van der Waals surface area contributed by atoms with Gasteiger partial charge in [0.25, 0.3) is 11.7 Å². The summed E-state index contributed by atoms with van der Waals surface area (Å²) in [5.41, 5.74) is 4.79. The molecule has 0 saturated carbocycles. The lowest BCUT2D eigenvalue weighted by Crippen LogP contribution is -2.32. The second-order valence-corrected chi connectivity index (χ2v) is 7.80. The van der Waals surface area contributed by atoms with Gasteiger partial charge in [0.15, 0.2) is 0 Å². The molecule has 1 amide bonds. The van der Waals surface area contributed by atoms with Crippen LogP contribution < -0.4 is 5.32 Å². The number of carbonyl (C=O) groups excluding carboxylic acids is 2. The summed E-state index contributed by atoms with van der Waals surface area (Å²) in [4.78, 5) is 32.8. The molecule has 3 heterocycles. The largest absolute Gasteiger partial charge is 0.358 e. The lowest BCUT2D eigenvalue weighted by atomic mass is 10.1. The number of aromatic nitrogens is 4. The first-order valence-corrected chi connectivity index (χ1v) is 10.2. The first kappa shape index (κ1) is 19.1. The van der Waals surface area contributed by atoms with Crippen LogP contribution in [0.4, 0.5) is 0 Å². The van der Waals surface area contributed by atoms with E-state index < -0.39 is 11.7 Å². The van der Waals surface area contributed by atoms with E-state index in [0.29, 0.717) is 24.2 Å². The summed E-state index contributed by atoms with van der Waals surface area (Å²) in [6.07, 6.45) is 0.543. The zero-order chi connectivity index (χ0) is 20.5. The Morgan fingerprint density at radius 3 is 2.76 bits per heavy atom. The topological polar surface area (TPSA) is 92.7 Å². The van der Waals surface area contributed by atoms with Crippen LogP contribution in [0.3, 0.4) is 0 Å². The molecule has 7 nitrogen and oxygen atoms in total. The number of rotatable bonds is 6. The Kier molecular flexibility index (Phi) is 5.02. The highest BCUT2D eigenvalue weighted by Gasteiger charge is 2.22. The van der Waals surface area contributed by atoms with Crippen molar-refractivity contribution in [1.82, 2.24) is 25.1 Å². The number of para-hydroxylation sites is 1. The van der Waals surface area contributed by atoms with Crippen LogP contribution in [0.5, 0.6) is 0 Å². The minimum Gasteiger partial charge on any atom is -0.358 e. The average Bonchev–Trinajstić information content (AvgIpc) is 3.37. The molecule has 0 unspecified atom stereocenters. The third kappa shape index (κ3) is 3.71. The molecule has 0 bridgehead atoms. The minimum atomic E-state index is -0.605. The van der Waals surface area contributed by atoms with E-state index in [4.69, 9.17) is 0 Å². The van der Waals surface area contributed by atoms with Gasteiger partial charge in [0.05, 0.1) is 17.0 Å². The number of H-pyrrole nitrogens is 1. The zero-order valence-electron chi connectivity index (χ0n) is 16.4. The lowest BCUT2D eigenvalue weighted by molar-refractivity contribution is -0.116. The van der Waals surface area contributed by atoms with Gasteiger partial charge in [-0.25, -0.2) is 9.67 Å². The molecule has 3 aromatic heterocycles. The number of nitrogens with zero attached hydrogens (tertiary/aromatic N) is 3. The third-order valence-corrected chi connectivity index (χ3v) is 5.59. The van der Waals surface area contributed by atoms with Gasteiger partial charge < -0.3 is 10.3 Å². The van der Waals surface area contributed by atoms with Gasteiger partial charge >= 0.3 is 0 Å². The molecule has 0 radical (unpaired) electrons. The third-order valence-electron chi connectivity index (χ3n) is 4.72. The molecule has 4 aromatic rings. The fraction of sp³-hybridized carbons (Fsp3) is 0.238. The van der Waals surface area contributed by atoms with E-state index in [1.54, 1.807) is 6.92 Å². The van der Waals surface area contributed by atoms with Crippen molar-refractivity contribution < 1.29 is 9.59 Å². The second kappa shape index (κ2) is 7.63. The van der Waals surface area contributed by atoms with E-state index in [2.05, 4.69) is 20.4 Å². The van der Waals surface area contributed by atoms with Crippen LogP contribution in [-0.2, 0) is 11.2 Å². The van der Waals surface area contributed by atoms with Crippen molar-refractivity contribution in [2.45, 2.75) is 27.2 Å². The fourth-order valence-electron chi connectivity index (χ4n) is 3.40. The summed E-state index contributed by atoms with van der Waals surface area (Å²) in [6.45, 7) is 6.07. The van der Waals surface area contributed by atoms with E-state index in [1.165, 1.54) is 11.3 Å². The highest BCUT2D eigenvalue weighted by molar-refractivity contribution is 7.12. The molecule has 148 valence electrons. The first-order valence-electron chi connectivity index (χ1n) is 9.32. The van der Waals surface area contributed by atoms with E-state index >= 15 is 0 Å². The summed E-state index contributed by atoms with van der Waals surface area (Å²) in [5, 5.41) is 10.7. The highest BCUT2D eigenvalue weighted by atomic mass is 32.1. The van der Waals surface area contributed by atoms with Crippen molar-refractivity contribution in [3.8, 4) is 5.13 Å². The van der Waals surface area contributed by atoms with Crippen molar-refractivity contribution in [3.63, 3.8) is 0 Å². The van der Waals surface area contributed by atoms with Crippen LogP contribution in [0.25, 0.3) is 16.0 Å². The smallest absolute Gasteiger partial charge is 0.292 e. The zero-order valence-corrected chi connectivity index (χ0v) is 17.3. The van der Waals surface area contributed by atoms with Crippen LogP contribution in [0, 0.1) is 20.8 Å². The number of amides is 1. The van der Waals surface area contributed by atoms with Gasteiger partial charge in [0.2, 0.25) is 5.13 Å². The number of aryl methyl sites for hydroxylation is 3. The van der Waals surface area contributed by atoms with Gasteiger partial charge in [-0.1, -0.05) is 18.2 Å². The fourth-order valence-corrected chi connectivity index (χ4v) is 4.26. The second-order valence-electron chi connectivity index (χ2n) is 6.97. The van der Waals surface area contributed by atoms with Crippen molar-refractivity contribution in [3.05, 3.63) is 64.1 Å². The molecule has 0 aliphatic carbocycles. The van der Waals surface area contributed by atoms with Gasteiger partial charge in [-0.2, -0.15) is 5.10 Å². The Morgan fingerprint density at radius 2 is 2.00 bits per heavy atom. The van der Waals surface area contributed by atoms with E-state index in [-0.39, 0.29) is 0 Å². The number of benzene rings is 1. The van der Waals surface area contributed by atoms with E-state index in [0.717, 1.165) is 33.1 Å².